The van der Waals surface area contributed by atoms with E-state index in [2.05, 4.69) is 36.5 Å². The molecule has 25 heavy (non-hydrogen) atoms. The van der Waals surface area contributed by atoms with Crippen LogP contribution in [-0.4, -0.2) is 25.2 Å². The SMILES string of the molecule is C=CC(N)c1ccnc2ccc(OC)cc12.C=CC1CNCCC1C. The van der Waals surface area contributed by atoms with Crippen molar-refractivity contribution in [1.82, 2.24) is 10.3 Å². The lowest BCUT2D eigenvalue weighted by atomic mass is 9.88. The van der Waals surface area contributed by atoms with Gasteiger partial charge in [-0.15, -0.1) is 13.2 Å². The summed E-state index contributed by atoms with van der Waals surface area (Å²) >= 11 is 0. The number of nitrogens with zero attached hydrogens (tertiary/aromatic N) is 1. The Bertz CT molecular complexity index is 713. The second-order valence-corrected chi connectivity index (χ2v) is 6.41. The van der Waals surface area contributed by atoms with Crippen molar-refractivity contribution in [3.05, 3.63) is 61.3 Å². The van der Waals surface area contributed by atoms with Gasteiger partial charge in [0.2, 0.25) is 0 Å². The smallest absolute Gasteiger partial charge is 0.119 e. The fourth-order valence-corrected chi connectivity index (χ4v) is 3.02. The van der Waals surface area contributed by atoms with Crippen LogP contribution < -0.4 is 15.8 Å². The number of methoxy groups -OCH3 is 1. The molecule has 3 rings (SSSR count). The molecule has 4 nitrogen and oxygen atoms in total. The number of nitrogens with two attached hydrogens (primary N) is 1. The molecule has 1 aliphatic rings. The lowest BCUT2D eigenvalue weighted by Crippen LogP contribution is -2.34. The molecule has 3 unspecified atom stereocenters. The Labute approximate surface area is 150 Å². The van der Waals surface area contributed by atoms with Crippen LogP contribution in [0.25, 0.3) is 10.9 Å². The standard InChI is InChI=1S/C13H14N2O.C8H15N/c1-3-12(14)10-6-7-15-13-5-4-9(16-2)8-11(10)13;1-3-8-6-9-5-4-7(8)2/h3-8,12H,1,14H2,2H3;3,7-9H,1,4-6H2,2H3. The molecule has 1 saturated heterocycles. The summed E-state index contributed by atoms with van der Waals surface area (Å²) in [5.74, 6) is 2.35. The van der Waals surface area contributed by atoms with Gasteiger partial charge in [-0.3, -0.25) is 4.98 Å². The summed E-state index contributed by atoms with van der Waals surface area (Å²) in [7, 11) is 1.64. The lowest BCUT2D eigenvalue weighted by Gasteiger charge is -2.26. The molecule has 0 amide bonds. The van der Waals surface area contributed by atoms with Crippen molar-refractivity contribution < 1.29 is 4.74 Å². The molecule has 0 bridgehead atoms. The van der Waals surface area contributed by atoms with Crippen LogP contribution in [0.5, 0.6) is 5.75 Å². The maximum atomic E-state index is 5.97. The van der Waals surface area contributed by atoms with Gasteiger partial charge >= 0.3 is 0 Å². The summed E-state index contributed by atoms with van der Waals surface area (Å²) in [6.45, 7) is 12.1. The molecule has 4 heteroatoms. The van der Waals surface area contributed by atoms with Gasteiger partial charge in [0.15, 0.2) is 0 Å². The summed E-state index contributed by atoms with van der Waals surface area (Å²) in [6.07, 6.45) is 6.84. The Morgan fingerprint density at radius 2 is 2.16 bits per heavy atom. The lowest BCUT2D eigenvalue weighted by molar-refractivity contribution is 0.325. The Kier molecular flexibility index (Phi) is 7.16. The molecular weight excluding hydrogens is 310 g/mol. The number of nitrogens with one attached hydrogen (secondary N) is 1. The molecular formula is C21H29N3O. The highest BCUT2D eigenvalue weighted by molar-refractivity contribution is 5.84. The van der Waals surface area contributed by atoms with Crippen LogP contribution in [0.1, 0.15) is 24.9 Å². The van der Waals surface area contributed by atoms with Gasteiger partial charge in [0.05, 0.1) is 12.6 Å². The topological polar surface area (TPSA) is 60.2 Å². The molecule has 0 aliphatic carbocycles. The molecule has 1 aliphatic heterocycles. The fraction of sp³-hybridized carbons (Fsp3) is 0.381. The molecule has 0 radical (unpaired) electrons. The van der Waals surface area contributed by atoms with Crippen molar-refractivity contribution >= 4 is 10.9 Å². The quantitative estimate of drug-likeness (QED) is 0.831. The van der Waals surface area contributed by atoms with Crippen molar-refractivity contribution in [2.45, 2.75) is 19.4 Å². The number of ether oxygens (including phenoxy) is 1. The Morgan fingerprint density at radius 1 is 1.36 bits per heavy atom. The predicted octanol–water partition coefficient (Wildman–Crippen LogP) is 3.85. The van der Waals surface area contributed by atoms with E-state index in [1.807, 2.05) is 24.3 Å². The van der Waals surface area contributed by atoms with Crippen LogP contribution >= 0.6 is 0 Å². The molecule has 134 valence electrons. The van der Waals surface area contributed by atoms with Crippen LogP contribution in [0.15, 0.2) is 55.8 Å². The van der Waals surface area contributed by atoms with Crippen molar-refractivity contribution in [2.75, 3.05) is 20.2 Å². The molecule has 1 aromatic heterocycles. The van der Waals surface area contributed by atoms with Crippen molar-refractivity contribution in [1.29, 1.82) is 0 Å². The highest BCUT2D eigenvalue weighted by Crippen LogP contribution is 2.25. The largest absolute Gasteiger partial charge is 0.497 e. The molecule has 2 aromatic rings. The van der Waals surface area contributed by atoms with E-state index in [4.69, 9.17) is 10.5 Å². The van der Waals surface area contributed by atoms with Gasteiger partial charge in [0.1, 0.15) is 5.75 Å². The van der Waals surface area contributed by atoms with Crippen molar-refractivity contribution in [2.24, 2.45) is 17.6 Å². The summed E-state index contributed by atoms with van der Waals surface area (Å²) < 4.78 is 5.20. The Balaban J connectivity index is 0.000000212. The fourth-order valence-electron chi connectivity index (χ4n) is 3.02. The number of hydrogen-bond acceptors (Lipinski definition) is 4. The first-order chi connectivity index (χ1) is 12.1. The summed E-state index contributed by atoms with van der Waals surface area (Å²) in [5.41, 5.74) is 7.89. The monoisotopic (exact) mass is 339 g/mol. The van der Waals surface area contributed by atoms with E-state index >= 15 is 0 Å². The van der Waals surface area contributed by atoms with Crippen LogP contribution in [0, 0.1) is 11.8 Å². The zero-order valence-corrected chi connectivity index (χ0v) is 15.2. The zero-order chi connectivity index (χ0) is 18.2. The third-order valence-electron chi connectivity index (χ3n) is 4.79. The number of fused-ring (bicyclic) bond motifs is 1. The third-order valence-corrected chi connectivity index (χ3v) is 4.79. The van der Waals surface area contributed by atoms with Crippen molar-refractivity contribution in [3.63, 3.8) is 0 Å². The second kappa shape index (κ2) is 9.35. The van der Waals surface area contributed by atoms with Gasteiger partial charge in [-0.05, 0) is 54.6 Å². The first kappa shape index (κ1) is 19.2. The molecule has 2 heterocycles. The Hall–Kier alpha value is -2.17. The minimum atomic E-state index is -0.183. The summed E-state index contributed by atoms with van der Waals surface area (Å²) in [4.78, 5) is 4.29. The number of rotatable bonds is 4. The summed E-state index contributed by atoms with van der Waals surface area (Å²) in [5, 5.41) is 4.35. The van der Waals surface area contributed by atoms with Gasteiger partial charge in [0.25, 0.3) is 0 Å². The minimum absolute atomic E-state index is 0.183. The Morgan fingerprint density at radius 3 is 2.76 bits per heavy atom. The predicted molar refractivity (Wildman–Crippen MR) is 106 cm³/mol. The maximum absolute atomic E-state index is 5.97. The molecule has 1 aromatic carbocycles. The molecule has 3 N–H and O–H groups in total. The van der Waals surface area contributed by atoms with E-state index in [1.165, 1.54) is 13.0 Å². The number of piperidine rings is 1. The highest BCUT2D eigenvalue weighted by Gasteiger charge is 2.16. The number of hydrogen-bond donors (Lipinski definition) is 2. The normalized spacial score (nSPS) is 20.9. The average Bonchev–Trinajstić information content (AvgIpc) is 2.67. The van der Waals surface area contributed by atoms with Gasteiger partial charge in [0, 0.05) is 24.2 Å². The third kappa shape index (κ3) is 4.91. The first-order valence-corrected chi connectivity index (χ1v) is 8.74. The first-order valence-electron chi connectivity index (χ1n) is 8.74. The number of pyridine rings is 1. The molecule has 0 saturated carbocycles. The van der Waals surface area contributed by atoms with Crippen LogP contribution in [0.3, 0.4) is 0 Å². The van der Waals surface area contributed by atoms with Gasteiger partial charge in [-0.2, -0.15) is 0 Å². The van der Waals surface area contributed by atoms with E-state index in [-0.39, 0.29) is 6.04 Å². The van der Waals surface area contributed by atoms with Crippen LogP contribution in [-0.2, 0) is 0 Å². The second-order valence-electron chi connectivity index (χ2n) is 6.41. The number of aromatic nitrogens is 1. The zero-order valence-electron chi connectivity index (χ0n) is 15.2. The summed E-state index contributed by atoms with van der Waals surface area (Å²) in [6, 6.07) is 7.49. The number of benzene rings is 1. The van der Waals surface area contributed by atoms with Crippen LogP contribution in [0.4, 0.5) is 0 Å². The van der Waals surface area contributed by atoms with E-state index in [0.29, 0.717) is 5.92 Å². The minimum Gasteiger partial charge on any atom is -0.497 e. The van der Waals surface area contributed by atoms with Crippen LogP contribution in [0.2, 0.25) is 0 Å². The molecule has 1 fully saturated rings. The van der Waals surface area contributed by atoms with E-state index in [0.717, 1.165) is 34.7 Å². The van der Waals surface area contributed by atoms with Gasteiger partial charge in [-0.25, -0.2) is 0 Å². The molecule has 3 atom stereocenters. The molecule has 0 spiro atoms. The average molecular weight is 339 g/mol. The highest BCUT2D eigenvalue weighted by atomic mass is 16.5. The van der Waals surface area contributed by atoms with Gasteiger partial charge in [-0.1, -0.05) is 19.1 Å². The maximum Gasteiger partial charge on any atom is 0.119 e. The van der Waals surface area contributed by atoms with E-state index in [9.17, 15) is 0 Å². The van der Waals surface area contributed by atoms with E-state index < -0.39 is 0 Å². The van der Waals surface area contributed by atoms with Crippen molar-refractivity contribution in [3.8, 4) is 5.75 Å². The van der Waals surface area contributed by atoms with E-state index in [1.54, 1.807) is 19.4 Å². The van der Waals surface area contributed by atoms with Gasteiger partial charge < -0.3 is 15.8 Å².